The van der Waals surface area contributed by atoms with Gasteiger partial charge in [0.1, 0.15) is 18.0 Å². The lowest BCUT2D eigenvalue weighted by molar-refractivity contribution is -0.118. The summed E-state index contributed by atoms with van der Waals surface area (Å²) < 4.78 is 41.3. The molecule has 0 unspecified atom stereocenters. The third-order valence-electron chi connectivity index (χ3n) is 5.36. The van der Waals surface area contributed by atoms with Crippen molar-refractivity contribution in [3.05, 3.63) is 47.3 Å². The molecule has 168 valence electrons. The van der Waals surface area contributed by atoms with Gasteiger partial charge in [-0.2, -0.15) is 0 Å². The van der Waals surface area contributed by atoms with Crippen molar-refractivity contribution < 1.29 is 33.0 Å². The Morgan fingerprint density at radius 2 is 1.97 bits per heavy atom. The van der Waals surface area contributed by atoms with Crippen molar-refractivity contribution in [2.45, 2.75) is 19.0 Å². The van der Waals surface area contributed by atoms with Crippen LogP contribution in [0.15, 0.2) is 24.5 Å². The highest BCUT2D eigenvalue weighted by molar-refractivity contribution is 6.00. The first kappa shape index (κ1) is 21.5. The van der Waals surface area contributed by atoms with E-state index in [1.54, 1.807) is 12.3 Å². The number of pyridine rings is 1. The Labute approximate surface area is 181 Å². The van der Waals surface area contributed by atoms with Crippen LogP contribution in [0.3, 0.4) is 0 Å². The molecule has 3 heterocycles. The zero-order valence-electron chi connectivity index (χ0n) is 17.3. The van der Waals surface area contributed by atoms with Crippen LogP contribution >= 0.6 is 0 Å². The summed E-state index contributed by atoms with van der Waals surface area (Å²) in [5, 5.41) is 9.87. The fourth-order valence-corrected chi connectivity index (χ4v) is 3.74. The van der Waals surface area contributed by atoms with Crippen molar-refractivity contribution >= 4 is 28.9 Å². The number of anilines is 1. The molecule has 1 aliphatic heterocycles. The molecule has 3 aromatic rings. The zero-order chi connectivity index (χ0) is 23.0. The van der Waals surface area contributed by atoms with Crippen LogP contribution in [0, 0.1) is 11.6 Å². The summed E-state index contributed by atoms with van der Waals surface area (Å²) >= 11 is 0. The minimum atomic E-state index is -1.00. The summed E-state index contributed by atoms with van der Waals surface area (Å²) in [6.07, 6.45) is 3.58. The molecule has 0 spiro atoms. The van der Waals surface area contributed by atoms with E-state index in [1.807, 2.05) is 0 Å². The first-order chi connectivity index (χ1) is 15.4. The summed E-state index contributed by atoms with van der Waals surface area (Å²) in [7, 11) is 2.47. The minimum absolute atomic E-state index is 0.104. The molecule has 1 aromatic carbocycles. The normalized spacial score (nSPS) is 14.3. The van der Waals surface area contributed by atoms with Crippen LogP contribution in [-0.2, 0) is 22.6 Å². The molecule has 32 heavy (non-hydrogen) atoms. The van der Waals surface area contributed by atoms with Crippen LogP contribution in [0.4, 0.5) is 14.5 Å². The molecule has 0 saturated carbocycles. The largest absolute Gasteiger partial charge is 0.493 e. The SMILES string of the molecule is COc1cc(OC)c(F)c(N2Cc3cnc4c(ccn4N[C@H](C=O)CO)c3CC2=O)c1F. The van der Waals surface area contributed by atoms with Crippen molar-refractivity contribution in [3.8, 4) is 11.5 Å². The van der Waals surface area contributed by atoms with Crippen molar-refractivity contribution in [2.75, 3.05) is 31.2 Å². The number of aliphatic hydroxyl groups excluding tert-OH is 1. The molecule has 1 amide bonds. The molecular weight excluding hydrogens is 426 g/mol. The lowest BCUT2D eigenvalue weighted by atomic mass is 9.97. The Morgan fingerprint density at radius 1 is 1.28 bits per heavy atom. The van der Waals surface area contributed by atoms with Crippen LogP contribution in [0.2, 0.25) is 0 Å². The van der Waals surface area contributed by atoms with Crippen LogP contribution in [0.1, 0.15) is 11.1 Å². The third kappa shape index (κ3) is 3.40. The van der Waals surface area contributed by atoms with Crippen LogP contribution < -0.4 is 19.8 Å². The monoisotopic (exact) mass is 446 g/mol. The third-order valence-corrected chi connectivity index (χ3v) is 5.36. The number of aliphatic hydroxyl groups is 1. The first-order valence-electron chi connectivity index (χ1n) is 9.64. The lowest BCUT2D eigenvalue weighted by Gasteiger charge is -2.30. The Hall–Kier alpha value is -3.73. The fourth-order valence-electron chi connectivity index (χ4n) is 3.74. The molecular formula is C21H20F2N4O5. The number of aldehydes is 1. The van der Waals surface area contributed by atoms with E-state index in [9.17, 15) is 23.5 Å². The van der Waals surface area contributed by atoms with Gasteiger partial charge in [0.05, 0.1) is 33.8 Å². The van der Waals surface area contributed by atoms with Gasteiger partial charge in [-0.05, 0) is 17.2 Å². The van der Waals surface area contributed by atoms with Gasteiger partial charge in [0.15, 0.2) is 28.8 Å². The number of nitrogens with zero attached hydrogens (tertiary/aromatic N) is 3. The van der Waals surface area contributed by atoms with Crippen molar-refractivity contribution in [1.29, 1.82) is 0 Å². The Morgan fingerprint density at radius 3 is 2.56 bits per heavy atom. The number of hydrogen-bond acceptors (Lipinski definition) is 7. The topological polar surface area (TPSA) is 106 Å². The number of nitrogens with one attached hydrogen (secondary N) is 1. The number of carbonyl (C=O) groups excluding carboxylic acids is 2. The van der Waals surface area contributed by atoms with Gasteiger partial charge in [0, 0.05) is 23.8 Å². The molecule has 0 bridgehead atoms. The number of methoxy groups -OCH3 is 2. The Kier molecular flexibility index (Phi) is 5.66. The quantitative estimate of drug-likeness (QED) is 0.530. The molecule has 0 aliphatic carbocycles. The molecule has 2 aromatic heterocycles. The number of amides is 1. The number of benzene rings is 1. The molecule has 11 heteroatoms. The van der Waals surface area contributed by atoms with Crippen LogP contribution in [0.25, 0.3) is 11.0 Å². The second-order valence-electron chi connectivity index (χ2n) is 7.15. The van der Waals surface area contributed by atoms with E-state index in [1.165, 1.54) is 25.1 Å². The van der Waals surface area contributed by atoms with Crippen molar-refractivity contribution in [2.24, 2.45) is 0 Å². The van der Waals surface area contributed by atoms with Crippen LogP contribution in [0.5, 0.6) is 11.5 Å². The van der Waals surface area contributed by atoms with E-state index >= 15 is 0 Å². The van der Waals surface area contributed by atoms with Gasteiger partial charge in [-0.25, -0.2) is 18.4 Å². The van der Waals surface area contributed by atoms with E-state index < -0.39 is 35.9 Å². The highest BCUT2D eigenvalue weighted by Gasteiger charge is 2.33. The number of hydrogen-bond donors (Lipinski definition) is 2. The average Bonchev–Trinajstić information content (AvgIpc) is 3.21. The van der Waals surface area contributed by atoms with Gasteiger partial charge < -0.3 is 29.7 Å². The highest BCUT2D eigenvalue weighted by Crippen LogP contribution is 2.39. The summed E-state index contributed by atoms with van der Waals surface area (Å²) in [6, 6.07) is 1.97. The summed E-state index contributed by atoms with van der Waals surface area (Å²) in [5.74, 6) is -3.02. The molecule has 0 saturated heterocycles. The molecule has 1 aliphatic rings. The molecule has 0 radical (unpaired) electrons. The fraction of sp³-hybridized carbons (Fsp3) is 0.286. The van der Waals surface area contributed by atoms with E-state index in [-0.39, 0.29) is 24.5 Å². The van der Waals surface area contributed by atoms with Gasteiger partial charge in [0.25, 0.3) is 0 Å². The van der Waals surface area contributed by atoms with E-state index in [2.05, 4.69) is 10.4 Å². The number of ether oxygens (including phenoxy) is 2. The van der Waals surface area contributed by atoms with E-state index in [4.69, 9.17) is 9.47 Å². The summed E-state index contributed by atoms with van der Waals surface area (Å²) in [6.45, 7) is -0.504. The Balaban J connectivity index is 1.76. The number of fused-ring (bicyclic) bond motifs is 3. The minimum Gasteiger partial charge on any atom is -0.493 e. The first-order valence-corrected chi connectivity index (χ1v) is 9.64. The second kappa shape index (κ2) is 8.42. The van der Waals surface area contributed by atoms with Gasteiger partial charge in [-0.3, -0.25) is 4.79 Å². The molecule has 9 nitrogen and oxygen atoms in total. The lowest BCUT2D eigenvalue weighted by Crippen LogP contribution is -2.38. The zero-order valence-corrected chi connectivity index (χ0v) is 17.3. The Bertz CT molecular complexity index is 1180. The maximum Gasteiger partial charge on any atom is 0.231 e. The summed E-state index contributed by atoms with van der Waals surface area (Å²) in [5.41, 5.74) is 3.99. The van der Waals surface area contributed by atoms with Gasteiger partial charge in [-0.1, -0.05) is 0 Å². The average molecular weight is 446 g/mol. The van der Waals surface area contributed by atoms with Crippen LogP contribution in [-0.4, -0.2) is 53.8 Å². The number of carbonyl (C=O) groups is 2. The molecule has 0 fully saturated rings. The van der Waals surface area contributed by atoms with Crippen molar-refractivity contribution in [1.82, 2.24) is 9.66 Å². The van der Waals surface area contributed by atoms with E-state index in [0.29, 0.717) is 28.4 Å². The van der Waals surface area contributed by atoms with Gasteiger partial charge >= 0.3 is 0 Å². The van der Waals surface area contributed by atoms with Gasteiger partial charge in [-0.15, -0.1) is 0 Å². The van der Waals surface area contributed by atoms with Gasteiger partial charge in [0.2, 0.25) is 5.91 Å². The number of aromatic nitrogens is 2. The standard InChI is InChI=1S/C21H20F2N4O5/c1-31-15-6-16(32-2)19(23)20(18(15)22)26-8-11-7-24-21-13(14(11)5-17(26)30)3-4-27(21)25-12(9-28)10-29/h3-4,6-7,9,12,25,29H,5,8,10H2,1-2H3/t12-/m1/s1. The maximum atomic E-state index is 14.9. The maximum absolute atomic E-state index is 14.9. The predicted octanol–water partition coefficient (Wildman–Crippen LogP) is 1.52. The second-order valence-corrected chi connectivity index (χ2v) is 7.15. The predicted molar refractivity (Wildman–Crippen MR) is 110 cm³/mol. The molecule has 4 rings (SSSR count). The van der Waals surface area contributed by atoms with E-state index in [0.717, 1.165) is 11.0 Å². The smallest absolute Gasteiger partial charge is 0.231 e. The highest BCUT2D eigenvalue weighted by atomic mass is 19.1. The number of halogens is 2. The molecule has 1 atom stereocenters. The number of rotatable bonds is 7. The summed E-state index contributed by atoms with van der Waals surface area (Å²) in [4.78, 5) is 29.4. The molecule has 2 N–H and O–H groups in total. The van der Waals surface area contributed by atoms with Crippen molar-refractivity contribution in [3.63, 3.8) is 0 Å².